The molecular formula is C22H29N3O2. The summed E-state index contributed by atoms with van der Waals surface area (Å²) in [5.41, 5.74) is 2.16. The minimum Gasteiger partial charge on any atom is -0.491 e. The van der Waals surface area contributed by atoms with E-state index in [1.54, 1.807) is 0 Å². The number of nitrogens with zero attached hydrogens (tertiary/aromatic N) is 2. The summed E-state index contributed by atoms with van der Waals surface area (Å²) in [4.78, 5) is 16.8. The molecule has 1 aliphatic rings. The normalized spacial score (nSPS) is 15.0. The molecule has 0 radical (unpaired) electrons. The molecule has 0 saturated carbocycles. The summed E-state index contributed by atoms with van der Waals surface area (Å²) >= 11 is 0. The van der Waals surface area contributed by atoms with Crippen LogP contribution in [0.5, 0.6) is 5.75 Å². The van der Waals surface area contributed by atoms with Crippen LogP contribution in [0.4, 0.5) is 10.5 Å². The van der Waals surface area contributed by atoms with Crippen LogP contribution >= 0.6 is 0 Å². The van der Waals surface area contributed by atoms with Crippen LogP contribution in [0, 0.1) is 0 Å². The molecule has 1 heterocycles. The van der Waals surface area contributed by atoms with Crippen molar-refractivity contribution >= 4 is 11.7 Å². The predicted molar refractivity (Wildman–Crippen MR) is 109 cm³/mol. The molecule has 2 aromatic rings. The Morgan fingerprint density at radius 3 is 2.30 bits per heavy atom. The third kappa shape index (κ3) is 6.00. The lowest BCUT2D eigenvalue weighted by Gasteiger charge is -2.34. The molecule has 0 aromatic heterocycles. The Morgan fingerprint density at radius 2 is 1.67 bits per heavy atom. The van der Waals surface area contributed by atoms with E-state index in [4.69, 9.17) is 4.74 Å². The predicted octanol–water partition coefficient (Wildman–Crippen LogP) is 3.87. The number of hydrogen-bond donors (Lipinski definition) is 1. The second kappa shape index (κ2) is 9.42. The third-order valence-electron chi connectivity index (χ3n) is 4.70. The van der Waals surface area contributed by atoms with Crippen molar-refractivity contribution in [2.75, 3.05) is 38.0 Å². The quantitative estimate of drug-likeness (QED) is 0.843. The van der Waals surface area contributed by atoms with Crippen LogP contribution < -0.4 is 10.1 Å². The minimum absolute atomic E-state index is 0.0322. The SMILES string of the molecule is CC(C)Oc1ccc(NC(=O)N2CCN(CCc3ccccc3)CC2)cc1. The second-order valence-corrected chi connectivity index (χ2v) is 7.19. The molecule has 27 heavy (non-hydrogen) atoms. The van der Waals surface area contributed by atoms with Gasteiger partial charge >= 0.3 is 6.03 Å². The van der Waals surface area contributed by atoms with Crippen molar-refractivity contribution in [3.63, 3.8) is 0 Å². The van der Waals surface area contributed by atoms with Gasteiger partial charge in [-0.25, -0.2) is 4.79 Å². The van der Waals surface area contributed by atoms with E-state index in [0.29, 0.717) is 0 Å². The van der Waals surface area contributed by atoms with E-state index in [-0.39, 0.29) is 12.1 Å². The van der Waals surface area contributed by atoms with Crippen molar-refractivity contribution in [3.05, 3.63) is 60.2 Å². The molecule has 1 fully saturated rings. The first-order chi connectivity index (χ1) is 13.1. The molecule has 1 saturated heterocycles. The first kappa shape index (κ1) is 19.2. The Labute approximate surface area is 161 Å². The monoisotopic (exact) mass is 367 g/mol. The smallest absolute Gasteiger partial charge is 0.321 e. The van der Waals surface area contributed by atoms with Gasteiger partial charge < -0.3 is 15.0 Å². The van der Waals surface area contributed by atoms with Crippen molar-refractivity contribution in [2.45, 2.75) is 26.4 Å². The molecule has 1 N–H and O–H groups in total. The van der Waals surface area contributed by atoms with Gasteiger partial charge in [0.1, 0.15) is 5.75 Å². The maximum Gasteiger partial charge on any atom is 0.321 e. The van der Waals surface area contributed by atoms with Crippen LogP contribution in [0.2, 0.25) is 0 Å². The summed E-state index contributed by atoms with van der Waals surface area (Å²) < 4.78 is 5.63. The van der Waals surface area contributed by atoms with Gasteiger partial charge in [-0.2, -0.15) is 0 Å². The minimum atomic E-state index is -0.0322. The summed E-state index contributed by atoms with van der Waals surface area (Å²) in [6.45, 7) is 8.38. The van der Waals surface area contributed by atoms with Gasteiger partial charge in [0.25, 0.3) is 0 Å². The number of carbonyl (C=O) groups excluding carboxylic acids is 1. The van der Waals surface area contributed by atoms with E-state index in [1.807, 2.05) is 49.1 Å². The molecule has 5 nitrogen and oxygen atoms in total. The maximum atomic E-state index is 12.5. The van der Waals surface area contributed by atoms with Crippen LogP contribution in [0.1, 0.15) is 19.4 Å². The molecule has 1 aliphatic heterocycles. The van der Waals surface area contributed by atoms with Gasteiger partial charge in [-0.1, -0.05) is 30.3 Å². The fourth-order valence-corrected chi connectivity index (χ4v) is 3.20. The summed E-state index contributed by atoms with van der Waals surface area (Å²) in [7, 11) is 0. The topological polar surface area (TPSA) is 44.8 Å². The van der Waals surface area contributed by atoms with Crippen LogP contribution in [0.3, 0.4) is 0 Å². The van der Waals surface area contributed by atoms with Crippen LogP contribution in [0.15, 0.2) is 54.6 Å². The zero-order valence-corrected chi connectivity index (χ0v) is 16.2. The van der Waals surface area contributed by atoms with Crippen molar-refractivity contribution in [2.24, 2.45) is 0 Å². The van der Waals surface area contributed by atoms with Gasteiger partial charge in [0, 0.05) is 38.4 Å². The highest BCUT2D eigenvalue weighted by Gasteiger charge is 2.20. The fraction of sp³-hybridized carbons (Fsp3) is 0.409. The molecule has 2 amide bonds. The maximum absolute atomic E-state index is 12.5. The largest absolute Gasteiger partial charge is 0.491 e. The lowest BCUT2D eigenvalue weighted by atomic mass is 10.1. The summed E-state index contributed by atoms with van der Waals surface area (Å²) in [5.74, 6) is 0.815. The highest BCUT2D eigenvalue weighted by atomic mass is 16.5. The first-order valence-electron chi connectivity index (χ1n) is 9.69. The standard InChI is InChI=1S/C22H29N3O2/c1-18(2)27-21-10-8-20(9-11-21)23-22(26)25-16-14-24(15-17-25)13-12-19-6-4-3-5-7-19/h3-11,18H,12-17H2,1-2H3,(H,23,26). The summed E-state index contributed by atoms with van der Waals surface area (Å²) in [6, 6.07) is 18.0. The molecule has 0 aliphatic carbocycles. The Kier molecular flexibility index (Phi) is 6.71. The van der Waals surface area contributed by atoms with E-state index >= 15 is 0 Å². The molecule has 0 unspecified atom stereocenters. The number of nitrogens with one attached hydrogen (secondary N) is 1. The van der Waals surface area contributed by atoms with Crippen molar-refractivity contribution in [3.8, 4) is 5.75 Å². The molecule has 144 valence electrons. The van der Waals surface area contributed by atoms with E-state index in [0.717, 1.165) is 50.6 Å². The van der Waals surface area contributed by atoms with Crippen molar-refractivity contribution in [1.29, 1.82) is 0 Å². The lowest BCUT2D eigenvalue weighted by Crippen LogP contribution is -2.50. The molecule has 2 aromatic carbocycles. The van der Waals surface area contributed by atoms with Gasteiger partial charge in [0.15, 0.2) is 0 Å². The number of amides is 2. The Hall–Kier alpha value is -2.53. The summed E-state index contributed by atoms with van der Waals surface area (Å²) in [6.07, 6.45) is 1.20. The molecular weight excluding hydrogens is 338 g/mol. The molecule has 0 atom stereocenters. The Balaban J connectivity index is 1.41. The molecule has 0 spiro atoms. The number of carbonyl (C=O) groups is 1. The average Bonchev–Trinajstić information content (AvgIpc) is 2.69. The van der Waals surface area contributed by atoms with Gasteiger partial charge in [0.05, 0.1) is 6.10 Å². The van der Waals surface area contributed by atoms with Crippen molar-refractivity contribution < 1.29 is 9.53 Å². The molecule has 3 rings (SSSR count). The summed E-state index contributed by atoms with van der Waals surface area (Å²) in [5, 5.41) is 2.98. The van der Waals surface area contributed by atoms with Gasteiger partial charge in [0.2, 0.25) is 0 Å². The fourth-order valence-electron chi connectivity index (χ4n) is 3.20. The number of anilines is 1. The Bertz CT molecular complexity index is 708. The van der Waals surface area contributed by atoms with Gasteiger partial charge in [-0.05, 0) is 50.1 Å². The number of ether oxygens (including phenoxy) is 1. The number of benzene rings is 2. The van der Waals surface area contributed by atoms with Crippen molar-refractivity contribution in [1.82, 2.24) is 9.80 Å². The zero-order chi connectivity index (χ0) is 19.1. The van der Waals surface area contributed by atoms with E-state index in [2.05, 4.69) is 34.5 Å². The Morgan fingerprint density at radius 1 is 1.00 bits per heavy atom. The zero-order valence-electron chi connectivity index (χ0n) is 16.2. The van der Waals surface area contributed by atoms with E-state index < -0.39 is 0 Å². The van der Waals surface area contributed by atoms with Gasteiger partial charge in [-0.3, -0.25) is 4.90 Å². The van der Waals surface area contributed by atoms with Crippen LogP contribution in [-0.4, -0.2) is 54.7 Å². The third-order valence-corrected chi connectivity index (χ3v) is 4.70. The second-order valence-electron chi connectivity index (χ2n) is 7.19. The van der Waals surface area contributed by atoms with E-state index in [1.165, 1.54) is 5.56 Å². The lowest BCUT2D eigenvalue weighted by molar-refractivity contribution is 0.148. The molecule has 5 heteroatoms. The number of urea groups is 1. The number of piperazine rings is 1. The van der Waals surface area contributed by atoms with Gasteiger partial charge in [-0.15, -0.1) is 0 Å². The van der Waals surface area contributed by atoms with Crippen LogP contribution in [-0.2, 0) is 6.42 Å². The first-order valence-corrected chi connectivity index (χ1v) is 9.69. The highest BCUT2D eigenvalue weighted by Crippen LogP contribution is 2.17. The number of rotatable bonds is 6. The van der Waals surface area contributed by atoms with E-state index in [9.17, 15) is 4.79 Å². The number of hydrogen-bond acceptors (Lipinski definition) is 3. The van der Waals surface area contributed by atoms with Crippen LogP contribution in [0.25, 0.3) is 0 Å². The average molecular weight is 367 g/mol. The molecule has 0 bridgehead atoms. The highest BCUT2D eigenvalue weighted by molar-refractivity contribution is 5.89.